The standard InChI is InChI=1S/C10H19ClN4O/c1-7-9(10(11)15(2)14-7)6-8(13-12)4-5-16-3/h8,13H,4-6,12H2,1-3H3. The number of hydrogen-bond donors (Lipinski definition) is 2. The fraction of sp³-hybridized carbons (Fsp3) is 0.700. The van der Waals surface area contributed by atoms with E-state index in [0.717, 1.165) is 24.1 Å². The molecule has 0 saturated carbocycles. The number of halogens is 1. The molecule has 5 nitrogen and oxygen atoms in total. The summed E-state index contributed by atoms with van der Waals surface area (Å²) in [6.07, 6.45) is 1.61. The Bertz CT molecular complexity index is 340. The van der Waals surface area contributed by atoms with Gasteiger partial charge in [-0.1, -0.05) is 11.6 Å². The third-order valence-corrected chi connectivity index (χ3v) is 3.10. The van der Waals surface area contributed by atoms with E-state index in [4.69, 9.17) is 22.2 Å². The molecule has 3 N–H and O–H groups in total. The molecule has 1 aromatic rings. The number of ether oxygens (including phenoxy) is 1. The SMILES string of the molecule is COCCC(Cc1c(C)nn(C)c1Cl)NN. The Morgan fingerprint density at radius 2 is 2.31 bits per heavy atom. The van der Waals surface area contributed by atoms with E-state index in [0.29, 0.717) is 11.8 Å². The van der Waals surface area contributed by atoms with E-state index < -0.39 is 0 Å². The van der Waals surface area contributed by atoms with Gasteiger partial charge in [-0.25, -0.2) is 0 Å². The molecule has 6 heteroatoms. The molecular weight excluding hydrogens is 228 g/mol. The van der Waals surface area contributed by atoms with Crippen LogP contribution in [-0.2, 0) is 18.2 Å². The molecule has 1 aromatic heterocycles. The van der Waals surface area contributed by atoms with Crippen molar-refractivity contribution in [3.63, 3.8) is 0 Å². The summed E-state index contributed by atoms with van der Waals surface area (Å²) in [5, 5.41) is 4.94. The minimum atomic E-state index is 0.153. The van der Waals surface area contributed by atoms with Crippen LogP contribution in [0.5, 0.6) is 0 Å². The highest BCUT2D eigenvalue weighted by atomic mass is 35.5. The first kappa shape index (κ1) is 13.4. The molecule has 1 atom stereocenters. The number of rotatable bonds is 6. The van der Waals surface area contributed by atoms with Crippen molar-refractivity contribution < 1.29 is 4.74 Å². The van der Waals surface area contributed by atoms with E-state index >= 15 is 0 Å². The van der Waals surface area contributed by atoms with Gasteiger partial charge in [-0.2, -0.15) is 5.10 Å². The highest BCUT2D eigenvalue weighted by Crippen LogP contribution is 2.20. The maximum atomic E-state index is 6.15. The van der Waals surface area contributed by atoms with Gasteiger partial charge in [0.2, 0.25) is 0 Å². The number of aromatic nitrogens is 2. The molecule has 0 spiro atoms. The molecule has 0 fully saturated rings. The molecule has 92 valence electrons. The Hall–Kier alpha value is -0.620. The fourth-order valence-electron chi connectivity index (χ4n) is 1.66. The number of nitrogens with two attached hydrogens (primary N) is 1. The Morgan fingerprint density at radius 1 is 1.62 bits per heavy atom. The van der Waals surface area contributed by atoms with Crippen LogP contribution in [0.25, 0.3) is 0 Å². The van der Waals surface area contributed by atoms with Crippen molar-refractivity contribution in [3.05, 3.63) is 16.4 Å². The van der Waals surface area contributed by atoms with Crippen LogP contribution in [0.3, 0.4) is 0 Å². The molecule has 0 radical (unpaired) electrons. The van der Waals surface area contributed by atoms with Crippen LogP contribution in [0, 0.1) is 6.92 Å². The van der Waals surface area contributed by atoms with Gasteiger partial charge in [0.15, 0.2) is 0 Å². The first-order valence-corrected chi connectivity index (χ1v) is 5.61. The molecule has 0 saturated heterocycles. The van der Waals surface area contributed by atoms with Crippen LogP contribution in [0.1, 0.15) is 17.7 Å². The number of nitrogens with zero attached hydrogens (tertiary/aromatic N) is 2. The average Bonchev–Trinajstić information content (AvgIpc) is 2.50. The molecule has 1 rings (SSSR count). The van der Waals surface area contributed by atoms with E-state index in [1.165, 1.54) is 0 Å². The number of hydrazine groups is 1. The van der Waals surface area contributed by atoms with E-state index in [1.54, 1.807) is 11.8 Å². The van der Waals surface area contributed by atoms with Crippen LogP contribution in [0.4, 0.5) is 0 Å². The first-order chi connectivity index (χ1) is 7.60. The zero-order valence-electron chi connectivity index (χ0n) is 9.96. The third-order valence-electron chi connectivity index (χ3n) is 2.63. The summed E-state index contributed by atoms with van der Waals surface area (Å²) < 4.78 is 6.70. The van der Waals surface area contributed by atoms with Crippen LogP contribution < -0.4 is 11.3 Å². The summed E-state index contributed by atoms with van der Waals surface area (Å²) in [7, 11) is 3.51. The monoisotopic (exact) mass is 246 g/mol. The summed E-state index contributed by atoms with van der Waals surface area (Å²) >= 11 is 6.15. The summed E-state index contributed by atoms with van der Waals surface area (Å²) in [6, 6.07) is 0.153. The second-order valence-corrected chi connectivity index (χ2v) is 4.19. The lowest BCUT2D eigenvalue weighted by molar-refractivity contribution is 0.182. The highest BCUT2D eigenvalue weighted by molar-refractivity contribution is 6.30. The molecule has 0 aliphatic rings. The van der Waals surface area contributed by atoms with Gasteiger partial charge in [0, 0.05) is 32.4 Å². The predicted molar refractivity (Wildman–Crippen MR) is 64.3 cm³/mol. The zero-order valence-corrected chi connectivity index (χ0v) is 10.7. The second kappa shape index (κ2) is 6.20. The summed E-state index contributed by atoms with van der Waals surface area (Å²) in [4.78, 5) is 0. The first-order valence-electron chi connectivity index (χ1n) is 5.23. The molecule has 0 amide bonds. The van der Waals surface area contributed by atoms with E-state index in [-0.39, 0.29) is 6.04 Å². The molecule has 1 heterocycles. The fourth-order valence-corrected chi connectivity index (χ4v) is 1.91. The van der Waals surface area contributed by atoms with E-state index in [2.05, 4.69) is 10.5 Å². The Morgan fingerprint density at radius 3 is 2.75 bits per heavy atom. The normalized spacial score (nSPS) is 13.1. The molecule has 0 aromatic carbocycles. The lowest BCUT2D eigenvalue weighted by atomic mass is 10.1. The van der Waals surface area contributed by atoms with Gasteiger partial charge in [-0.15, -0.1) is 0 Å². The molecule has 1 unspecified atom stereocenters. The molecule has 0 aliphatic heterocycles. The molecule has 0 aliphatic carbocycles. The Kier molecular flexibility index (Phi) is 5.21. The lowest BCUT2D eigenvalue weighted by Crippen LogP contribution is -2.37. The van der Waals surface area contributed by atoms with Crippen molar-refractivity contribution >= 4 is 11.6 Å². The van der Waals surface area contributed by atoms with Crippen molar-refractivity contribution in [1.29, 1.82) is 0 Å². The molecule has 16 heavy (non-hydrogen) atoms. The van der Waals surface area contributed by atoms with Gasteiger partial charge >= 0.3 is 0 Å². The van der Waals surface area contributed by atoms with Gasteiger partial charge in [0.25, 0.3) is 0 Å². The van der Waals surface area contributed by atoms with Crippen LogP contribution in [-0.4, -0.2) is 29.5 Å². The van der Waals surface area contributed by atoms with Crippen LogP contribution in [0.2, 0.25) is 5.15 Å². The lowest BCUT2D eigenvalue weighted by Gasteiger charge is -2.15. The van der Waals surface area contributed by atoms with E-state index in [9.17, 15) is 0 Å². The highest BCUT2D eigenvalue weighted by Gasteiger charge is 2.16. The number of aryl methyl sites for hydroxylation is 2. The third kappa shape index (κ3) is 3.18. The average molecular weight is 247 g/mol. The van der Waals surface area contributed by atoms with Crippen molar-refractivity contribution in [2.75, 3.05) is 13.7 Å². The van der Waals surface area contributed by atoms with Gasteiger partial charge in [0.05, 0.1) is 5.69 Å². The Balaban J connectivity index is 2.69. The minimum Gasteiger partial charge on any atom is -0.385 e. The van der Waals surface area contributed by atoms with Crippen LogP contribution in [0.15, 0.2) is 0 Å². The summed E-state index contributed by atoms with van der Waals surface area (Å²) in [5.74, 6) is 5.49. The van der Waals surface area contributed by atoms with E-state index in [1.807, 2.05) is 14.0 Å². The summed E-state index contributed by atoms with van der Waals surface area (Å²) in [5.41, 5.74) is 4.77. The topological polar surface area (TPSA) is 65.1 Å². The second-order valence-electron chi connectivity index (χ2n) is 3.83. The quantitative estimate of drug-likeness (QED) is 0.576. The summed E-state index contributed by atoms with van der Waals surface area (Å²) in [6.45, 7) is 2.62. The Labute approximate surface area is 101 Å². The smallest absolute Gasteiger partial charge is 0.130 e. The number of nitrogens with one attached hydrogen (secondary N) is 1. The maximum absolute atomic E-state index is 6.15. The van der Waals surface area contributed by atoms with Crippen molar-refractivity contribution in [3.8, 4) is 0 Å². The number of methoxy groups -OCH3 is 1. The molecular formula is C10H19ClN4O. The number of hydrogen-bond acceptors (Lipinski definition) is 4. The largest absolute Gasteiger partial charge is 0.385 e. The van der Waals surface area contributed by atoms with Crippen molar-refractivity contribution in [2.45, 2.75) is 25.8 Å². The predicted octanol–water partition coefficient (Wildman–Crippen LogP) is 0.793. The minimum absolute atomic E-state index is 0.153. The van der Waals surface area contributed by atoms with Gasteiger partial charge in [-0.3, -0.25) is 16.0 Å². The van der Waals surface area contributed by atoms with Gasteiger partial charge in [0.1, 0.15) is 5.15 Å². The zero-order chi connectivity index (χ0) is 12.1. The maximum Gasteiger partial charge on any atom is 0.130 e. The van der Waals surface area contributed by atoms with Crippen molar-refractivity contribution in [1.82, 2.24) is 15.2 Å². The van der Waals surface area contributed by atoms with Gasteiger partial charge in [-0.05, 0) is 19.8 Å². The van der Waals surface area contributed by atoms with Crippen molar-refractivity contribution in [2.24, 2.45) is 12.9 Å². The van der Waals surface area contributed by atoms with Crippen LogP contribution >= 0.6 is 11.6 Å². The molecule has 0 bridgehead atoms. The van der Waals surface area contributed by atoms with Gasteiger partial charge < -0.3 is 4.74 Å².